The minimum Gasteiger partial charge on any atom is -0.468 e. The Balaban J connectivity index is 1.90. The van der Waals surface area contributed by atoms with Crippen LogP contribution in [0.4, 0.5) is 0 Å². The smallest absolute Gasteiger partial charge is 0.326 e. The van der Waals surface area contributed by atoms with Gasteiger partial charge in [-0.25, -0.2) is 4.21 Å². The molecule has 0 N–H and O–H groups in total. The highest BCUT2D eigenvalue weighted by Crippen LogP contribution is 2.56. The van der Waals surface area contributed by atoms with Crippen LogP contribution < -0.4 is 0 Å². The first-order chi connectivity index (χ1) is 14.2. The summed E-state index contributed by atoms with van der Waals surface area (Å²) in [6.07, 6.45) is 0. The third-order valence-electron chi connectivity index (χ3n) is 5.69. The van der Waals surface area contributed by atoms with E-state index < -0.39 is 28.8 Å². The zero-order valence-corrected chi connectivity index (χ0v) is 16.6. The molecule has 5 nitrogen and oxygen atoms in total. The Kier molecular flexibility index (Phi) is 4.35. The van der Waals surface area contributed by atoms with Crippen molar-refractivity contribution in [3.05, 3.63) is 95.6 Å². The average molecular weight is 405 g/mol. The van der Waals surface area contributed by atoms with Crippen LogP contribution in [0, 0.1) is 0 Å². The van der Waals surface area contributed by atoms with Crippen LogP contribution in [0.1, 0.15) is 16.7 Å². The Morgan fingerprint density at radius 3 is 2.10 bits per heavy atom. The molecule has 146 valence electrons. The summed E-state index contributed by atoms with van der Waals surface area (Å²) in [5.41, 5.74) is 4.04. The third kappa shape index (κ3) is 2.46. The van der Waals surface area contributed by atoms with Gasteiger partial charge >= 0.3 is 5.97 Å². The zero-order chi connectivity index (χ0) is 20.0. The van der Waals surface area contributed by atoms with E-state index in [-0.39, 0.29) is 6.61 Å². The van der Waals surface area contributed by atoms with Crippen molar-refractivity contribution in [2.45, 2.75) is 11.6 Å². The normalized spacial score (nSPS) is 22.1. The fraction of sp³-hybridized carbons (Fsp3) is 0.174. The number of methoxy groups -OCH3 is 1. The van der Waals surface area contributed by atoms with Gasteiger partial charge in [0.2, 0.25) is 11.3 Å². The molecule has 0 aromatic heterocycles. The van der Waals surface area contributed by atoms with Gasteiger partial charge in [-0.05, 0) is 27.8 Å². The van der Waals surface area contributed by atoms with Gasteiger partial charge in [0.1, 0.15) is 11.6 Å². The molecule has 0 saturated carbocycles. The van der Waals surface area contributed by atoms with Crippen LogP contribution in [0.25, 0.3) is 11.1 Å². The van der Waals surface area contributed by atoms with E-state index in [1.54, 1.807) is 4.31 Å². The summed E-state index contributed by atoms with van der Waals surface area (Å²) < 4.78 is 25.4. The first-order valence-corrected chi connectivity index (χ1v) is 10.4. The SMILES string of the molecule is COC(=O)[C@@H]1COS(=O)N1C1(c2ccccc2)c2ccccc2-c2ccccc21. The van der Waals surface area contributed by atoms with Crippen LogP contribution in [0.5, 0.6) is 0 Å². The predicted octanol–water partition coefficient (Wildman–Crippen LogP) is 3.41. The number of ether oxygens (including phenoxy) is 1. The highest BCUT2D eigenvalue weighted by atomic mass is 32.2. The maximum Gasteiger partial charge on any atom is 0.326 e. The lowest BCUT2D eigenvalue weighted by atomic mass is 9.80. The van der Waals surface area contributed by atoms with E-state index in [4.69, 9.17) is 8.92 Å². The Hall–Kier alpha value is -2.80. The van der Waals surface area contributed by atoms with Gasteiger partial charge < -0.3 is 4.74 Å². The summed E-state index contributed by atoms with van der Waals surface area (Å²) in [4.78, 5) is 12.6. The van der Waals surface area contributed by atoms with Gasteiger partial charge in [-0.3, -0.25) is 8.98 Å². The molecule has 1 saturated heterocycles. The fourth-order valence-corrected chi connectivity index (χ4v) is 5.80. The highest BCUT2D eigenvalue weighted by Gasteiger charge is 2.57. The van der Waals surface area contributed by atoms with Gasteiger partial charge in [-0.1, -0.05) is 78.9 Å². The summed E-state index contributed by atoms with van der Waals surface area (Å²) in [6.45, 7) is 0.0121. The lowest BCUT2D eigenvalue weighted by Gasteiger charge is -2.40. The zero-order valence-electron chi connectivity index (χ0n) is 15.8. The van der Waals surface area contributed by atoms with Crippen molar-refractivity contribution in [1.82, 2.24) is 4.31 Å². The molecule has 0 radical (unpaired) electrons. The standard InChI is InChI=1S/C23H19NO4S/c1-27-22(25)21-15-28-29(26)24(21)23(16-9-3-2-4-10-16)19-13-7-5-11-17(19)18-12-6-8-14-20(18)23/h2-14,21H,15H2,1H3/t21-,29?/m0/s1. The second-order valence-electron chi connectivity index (χ2n) is 7.03. The first-order valence-electron chi connectivity index (χ1n) is 9.37. The van der Waals surface area contributed by atoms with Crippen molar-refractivity contribution in [3.8, 4) is 11.1 Å². The quantitative estimate of drug-likeness (QED) is 0.627. The third-order valence-corrected chi connectivity index (χ3v) is 6.88. The molecule has 6 heteroatoms. The van der Waals surface area contributed by atoms with Gasteiger partial charge in [0.15, 0.2) is 0 Å². The Labute approximate surface area is 171 Å². The molecule has 1 aliphatic carbocycles. The maximum atomic E-state index is 13.2. The number of carbonyl (C=O) groups is 1. The van der Waals surface area contributed by atoms with Crippen molar-refractivity contribution in [1.29, 1.82) is 0 Å². The second kappa shape index (κ2) is 6.91. The summed E-state index contributed by atoms with van der Waals surface area (Å²) in [7, 11) is 1.34. The average Bonchev–Trinajstić information content (AvgIpc) is 3.30. The molecule has 29 heavy (non-hydrogen) atoms. The lowest BCUT2D eigenvalue weighted by Crippen LogP contribution is -2.52. The monoisotopic (exact) mass is 405 g/mol. The molecule has 5 rings (SSSR count). The van der Waals surface area contributed by atoms with Gasteiger partial charge in [0.25, 0.3) is 0 Å². The molecule has 0 spiro atoms. The van der Waals surface area contributed by atoms with E-state index in [2.05, 4.69) is 12.1 Å². The number of nitrogens with zero attached hydrogens (tertiary/aromatic N) is 1. The summed E-state index contributed by atoms with van der Waals surface area (Å²) in [6, 6.07) is 25.2. The summed E-state index contributed by atoms with van der Waals surface area (Å²) >= 11 is -1.82. The molecule has 2 aliphatic rings. The van der Waals surface area contributed by atoms with Crippen molar-refractivity contribution in [3.63, 3.8) is 0 Å². The van der Waals surface area contributed by atoms with Gasteiger partial charge in [-0.15, -0.1) is 0 Å². The summed E-state index contributed by atoms with van der Waals surface area (Å²) in [5, 5.41) is 0. The maximum absolute atomic E-state index is 13.2. The van der Waals surface area contributed by atoms with E-state index in [0.717, 1.165) is 27.8 Å². The van der Waals surface area contributed by atoms with Crippen molar-refractivity contribution < 1.29 is 17.9 Å². The van der Waals surface area contributed by atoms with Crippen LogP contribution in [-0.4, -0.2) is 34.2 Å². The molecule has 3 aromatic rings. The van der Waals surface area contributed by atoms with Crippen LogP contribution in [0.2, 0.25) is 0 Å². The molecule has 1 unspecified atom stereocenters. The minimum atomic E-state index is -1.82. The molecule has 1 aliphatic heterocycles. The van der Waals surface area contributed by atoms with E-state index in [0.29, 0.717) is 0 Å². The number of benzene rings is 3. The van der Waals surface area contributed by atoms with Gasteiger partial charge in [0.05, 0.1) is 13.7 Å². The van der Waals surface area contributed by atoms with E-state index in [9.17, 15) is 9.00 Å². The highest BCUT2D eigenvalue weighted by molar-refractivity contribution is 7.78. The summed E-state index contributed by atoms with van der Waals surface area (Å²) in [5.74, 6) is -0.465. The predicted molar refractivity (Wildman–Crippen MR) is 110 cm³/mol. The Morgan fingerprint density at radius 2 is 1.52 bits per heavy atom. The number of hydrogen-bond donors (Lipinski definition) is 0. The fourth-order valence-electron chi connectivity index (χ4n) is 4.56. The van der Waals surface area contributed by atoms with Crippen LogP contribution in [0.3, 0.4) is 0 Å². The van der Waals surface area contributed by atoms with Crippen LogP contribution >= 0.6 is 0 Å². The second-order valence-corrected chi connectivity index (χ2v) is 8.10. The lowest BCUT2D eigenvalue weighted by molar-refractivity contribution is -0.145. The molecule has 0 amide bonds. The van der Waals surface area contributed by atoms with E-state index in [1.165, 1.54) is 7.11 Å². The topological polar surface area (TPSA) is 55.8 Å². The molecule has 1 fully saturated rings. The van der Waals surface area contributed by atoms with E-state index in [1.807, 2.05) is 66.7 Å². The molecule has 3 aromatic carbocycles. The molecule has 2 atom stereocenters. The minimum absolute atomic E-state index is 0.0121. The van der Waals surface area contributed by atoms with Gasteiger partial charge in [0, 0.05) is 0 Å². The van der Waals surface area contributed by atoms with Crippen LogP contribution in [-0.2, 0) is 30.5 Å². The first kappa shape index (κ1) is 18.2. The molecule has 0 bridgehead atoms. The molecular weight excluding hydrogens is 386 g/mol. The largest absolute Gasteiger partial charge is 0.468 e. The van der Waals surface area contributed by atoms with Crippen molar-refractivity contribution in [2.24, 2.45) is 0 Å². The molecular formula is C23H19NO4S. The Morgan fingerprint density at radius 1 is 0.966 bits per heavy atom. The number of rotatable bonds is 3. The van der Waals surface area contributed by atoms with Crippen molar-refractivity contribution >= 4 is 17.2 Å². The van der Waals surface area contributed by atoms with Crippen LogP contribution in [0.15, 0.2) is 78.9 Å². The number of esters is 1. The number of carbonyl (C=O) groups excluding carboxylic acids is 1. The molecule has 1 heterocycles. The number of fused-ring (bicyclic) bond motifs is 3. The number of hydrogen-bond acceptors (Lipinski definition) is 4. The van der Waals surface area contributed by atoms with Gasteiger partial charge in [-0.2, -0.15) is 4.31 Å². The van der Waals surface area contributed by atoms with E-state index >= 15 is 0 Å². The Bertz CT molecular complexity index is 1070. The van der Waals surface area contributed by atoms with Crippen molar-refractivity contribution in [2.75, 3.05) is 13.7 Å².